The van der Waals surface area contributed by atoms with E-state index in [0.29, 0.717) is 37.7 Å². The molecule has 216 valence electrons. The number of carbonyl (C=O) groups is 1. The van der Waals surface area contributed by atoms with Crippen LogP contribution in [-0.2, 0) is 43.9 Å². The highest BCUT2D eigenvalue weighted by Gasteiger charge is 2.30. The predicted octanol–water partition coefficient (Wildman–Crippen LogP) is 2.96. The van der Waals surface area contributed by atoms with Gasteiger partial charge in [-0.25, -0.2) is 4.98 Å². The zero-order valence-electron chi connectivity index (χ0n) is 23.9. The average molecular weight is 553 g/mol. The van der Waals surface area contributed by atoms with Crippen LogP contribution in [0.2, 0.25) is 0 Å². The van der Waals surface area contributed by atoms with Crippen molar-refractivity contribution in [3.63, 3.8) is 0 Å². The molecular formula is C30H40N4O6. The molecule has 10 heteroatoms. The molecule has 1 aromatic carbocycles. The van der Waals surface area contributed by atoms with Crippen molar-refractivity contribution in [1.82, 2.24) is 19.4 Å². The van der Waals surface area contributed by atoms with Gasteiger partial charge in [0.2, 0.25) is 0 Å². The fraction of sp³-hybridized carbons (Fsp3) is 0.567. The molecule has 5 rings (SSSR count). The lowest BCUT2D eigenvalue weighted by Crippen LogP contribution is -2.47. The highest BCUT2D eigenvalue weighted by atomic mass is 16.6. The molecule has 10 nitrogen and oxygen atoms in total. The van der Waals surface area contributed by atoms with Gasteiger partial charge in [-0.05, 0) is 56.4 Å². The Hall–Kier alpha value is -3.05. The van der Waals surface area contributed by atoms with Crippen LogP contribution in [0.1, 0.15) is 37.3 Å². The Labute approximate surface area is 234 Å². The molecule has 0 spiro atoms. The zero-order valence-corrected chi connectivity index (χ0v) is 23.9. The number of ether oxygens (including phenoxy) is 4. The summed E-state index contributed by atoms with van der Waals surface area (Å²) >= 11 is 0. The number of aryl methyl sites for hydroxylation is 2. The lowest BCUT2D eigenvalue weighted by atomic mass is 10.00. The first-order valence-electron chi connectivity index (χ1n) is 14.1. The van der Waals surface area contributed by atoms with Crippen LogP contribution in [0.5, 0.6) is 0 Å². The number of hydrogen-bond donors (Lipinski definition) is 1. The third-order valence-electron chi connectivity index (χ3n) is 8.01. The summed E-state index contributed by atoms with van der Waals surface area (Å²) in [5.74, 6) is 1.00. The molecule has 3 atom stereocenters. The third-order valence-corrected chi connectivity index (χ3v) is 8.01. The van der Waals surface area contributed by atoms with Crippen LogP contribution in [0.15, 0.2) is 35.3 Å². The van der Waals surface area contributed by atoms with Gasteiger partial charge in [0.15, 0.2) is 0 Å². The minimum Gasteiger partial charge on any atom is -0.459 e. The highest BCUT2D eigenvalue weighted by molar-refractivity contribution is 5.81. The minimum absolute atomic E-state index is 0.0111. The van der Waals surface area contributed by atoms with Gasteiger partial charge < -0.3 is 28.1 Å². The number of nitrogens with zero attached hydrogens (tertiary/aromatic N) is 3. The molecule has 0 aliphatic carbocycles. The quantitative estimate of drug-likeness (QED) is 0.383. The molecule has 0 bridgehead atoms. The fourth-order valence-electron chi connectivity index (χ4n) is 5.53. The second-order valence-electron chi connectivity index (χ2n) is 11.0. The lowest BCUT2D eigenvalue weighted by Gasteiger charge is -2.24. The molecule has 2 aliphatic heterocycles. The summed E-state index contributed by atoms with van der Waals surface area (Å²) in [5.41, 5.74) is 4.49. The number of benzene rings is 1. The molecule has 2 fully saturated rings. The van der Waals surface area contributed by atoms with E-state index < -0.39 is 6.04 Å². The van der Waals surface area contributed by atoms with Crippen LogP contribution in [0, 0.1) is 12.8 Å². The summed E-state index contributed by atoms with van der Waals surface area (Å²) in [6.07, 6.45) is 4.01. The first kappa shape index (κ1) is 28.5. The highest BCUT2D eigenvalue weighted by Crippen LogP contribution is 2.29. The van der Waals surface area contributed by atoms with E-state index in [1.54, 1.807) is 18.7 Å². The number of esters is 1. The Kier molecular flexibility index (Phi) is 9.00. The van der Waals surface area contributed by atoms with Crippen molar-refractivity contribution in [2.45, 2.75) is 64.4 Å². The smallest absolute Gasteiger partial charge is 0.326 e. The van der Waals surface area contributed by atoms with Gasteiger partial charge in [0, 0.05) is 64.2 Å². The standard InChI is InChI=1S/C30H40N4O6/c1-19-13-23(17-33(3)29(19)35)28-32-25-14-22(5-6-26(25)34(28)16-21-7-10-38-11-8-21)15-31-27(20(2)37-4)30(36)40-24-9-12-39-18-24/h5-6,13-14,17,20-21,24,27,31H,7-12,15-16,18H2,1-4H3/t20-,24+,27+/m1/s1. The molecule has 40 heavy (non-hydrogen) atoms. The number of methoxy groups -OCH3 is 1. The lowest BCUT2D eigenvalue weighted by molar-refractivity contribution is -0.155. The van der Waals surface area contributed by atoms with Crippen LogP contribution in [0.25, 0.3) is 22.4 Å². The van der Waals surface area contributed by atoms with E-state index in [1.807, 2.05) is 26.1 Å². The zero-order chi connectivity index (χ0) is 28.2. The molecule has 4 heterocycles. The van der Waals surface area contributed by atoms with Gasteiger partial charge in [0.05, 0.1) is 30.4 Å². The van der Waals surface area contributed by atoms with E-state index in [4.69, 9.17) is 23.9 Å². The van der Waals surface area contributed by atoms with Crippen LogP contribution < -0.4 is 10.9 Å². The number of aromatic nitrogens is 3. The Morgan fingerprint density at radius 2 is 1.95 bits per heavy atom. The number of carbonyl (C=O) groups excluding carboxylic acids is 1. The fourth-order valence-corrected chi connectivity index (χ4v) is 5.53. The van der Waals surface area contributed by atoms with Crippen LogP contribution in [0.4, 0.5) is 0 Å². The molecule has 2 aromatic heterocycles. The number of pyridine rings is 1. The van der Waals surface area contributed by atoms with Crippen molar-refractivity contribution in [3.8, 4) is 11.4 Å². The SMILES string of the molecule is CO[C@H](C)[C@H](NCc1ccc2c(c1)nc(-c1cc(C)c(=O)n(C)c1)n2CC1CCOCC1)C(=O)O[C@H]1CCOC1. The summed E-state index contributed by atoms with van der Waals surface area (Å²) in [6.45, 7) is 7.57. The van der Waals surface area contributed by atoms with E-state index in [9.17, 15) is 9.59 Å². The second kappa shape index (κ2) is 12.6. The van der Waals surface area contributed by atoms with Gasteiger partial charge in [-0.3, -0.25) is 14.9 Å². The maximum absolute atomic E-state index is 12.9. The summed E-state index contributed by atoms with van der Waals surface area (Å²) in [4.78, 5) is 30.4. The molecule has 0 radical (unpaired) electrons. The van der Waals surface area contributed by atoms with Crippen molar-refractivity contribution in [1.29, 1.82) is 0 Å². The predicted molar refractivity (Wildman–Crippen MR) is 151 cm³/mol. The molecule has 0 saturated carbocycles. The molecule has 1 N–H and O–H groups in total. The second-order valence-corrected chi connectivity index (χ2v) is 11.0. The van der Waals surface area contributed by atoms with E-state index in [1.165, 1.54) is 0 Å². The summed E-state index contributed by atoms with van der Waals surface area (Å²) in [7, 11) is 3.36. The van der Waals surface area contributed by atoms with Crippen LogP contribution >= 0.6 is 0 Å². The van der Waals surface area contributed by atoms with Gasteiger partial charge >= 0.3 is 5.97 Å². The van der Waals surface area contributed by atoms with E-state index >= 15 is 0 Å². The maximum atomic E-state index is 12.9. The Morgan fingerprint density at radius 3 is 2.65 bits per heavy atom. The topological polar surface area (TPSA) is 106 Å². The van der Waals surface area contributed by atoms with Crippen LogP contribution in [0.3, 0.4) is 0 Å². The summed E-state index contributed by atoms with van der Waals surface area (Å²) in [6, 6.07) is 7.53. The molecule has 2 aliphatic rings. The van der Waals surface area contributed by atoms with E-state index in [0.717, 1.165) is 60.6 Å². The normalized spacial score (nSPS) is 19.6. The Bertz CT molecular complexity index is 1360. The number of hydrogen-bond acceptors (Lipinski definition) is 8. The molecular weight excluding hydrogens is 512 g/mol. The first-order valence-corrected chi connectivity index (χ1v) is 14.1. The van der Waals surface area contributed by atoms with Gasteiger partial charge in [0.25, 0.3) is 5.56 Å². The van der Waals surface area contributed by atoms with Gasteiger partial charge in [-0.2, -0.15) is 0 Å². The van der Waals surface area contributed by atoms with E-state index in [2.05, 4.69) is 28.1 Å². The molecule has 0 amide bonds. The van der Waals surface area contributed by atoms with Crippen molar-refractivity contribution < 1.29 is 23.7 Å². The van der Waals surface area contributed by atoms with Crippen molar-refractivity contribution in [3.05, 3.63) is 51.9 Å². The number of nitrogens with one attached hydrogen (secondary N) is 1. The average Bonchev–Trinajstić information content (AvgIpc) is 3.59. The van der Waals surface area contributed by atoms with Crippen molar-refractivity contribution in [2.75, 3.05) is 33.5 Å². The minimum atomic E-state index is -0.614. The Balaban J connectivity index is 1.42. The molecule has 2 saturated heterocycles. The summed E-state index contributed by atoms with van der Waals surface area (Å²) < 4.78 is 26.0. The number of imidazole rings is 1. The first-order chi connectivity index (χ1) is 19.3. The number of rotatable bonds is 10. The monoisotopic (exact) mass is 552 g/mol. The summed E-state index contributed by atoms with van der Waals surface area (Å²) in [5, 5.41) is 3.34. The van der Waals surface area contributed by atoms with Gasteiger partial charge in [0.1, 0.15) is 18.0 Å². The third kappa shape index (κ3) is 6.30. The van der Waals surface area contributed by atoms with Crippen molar-refractivity contribution >= 4 is 17.0 Å². The van der Waals surface area contributed by atoms with E-state index in [-0.39, 0.29) is 23.7 Å². The van der Waals surface area contributed by atoms with Gasteiger partial charge in [-0.1, -0.05) is 6.07 Å². The van der Waals surface area contributed by atoms with Crippen molar-refractivity contribution in [2.24, 2.45) is 13.0 Å². The Morgan fingerprint density at radius 1 is 1.18 bits per heavy atom. The largest absolute Gasteiger partial charge is 0.459 e. The molecule has 0 unspecified atom stereocenters. The maximum Gasteiger partial charge on any atom is 0.326 e. The van der Waals surface area contributed by atoms with Crippen LogP contribution in [-0.4, -0.2) is 71.9 Å². The number of fused-ring (bicyclic) bond motifs is 1. The molecule has 3 aromatic rings. The van der Waals surface area contributed by atoms with Gasteiger partial charge in [-0.15, -0.1) is 0 Å².